The first-order valence-electron chi connectivity index (χ1n) is 5.15. The van der Waals surface area contributed by atoms with Gasteiger partial charge in [-0.3, -0.25) is 0 Å². The van der Waals surface area contributed by atoms with Gasteiger partial charge in [-0.05, 0) is 6.42 Å². The van der Waals surface area contributed by atoms with Crippen LogP contribution in [-0.4, -0.2) is 16.6 Å². The van der Waals surface area contributed by atoms with Crippen LogP contribution in [0.5, 0.6) is 5.88 Å². The predicted molar refractivity (Wildman–Crippen MR) is 61.1 cm³/mol. The summed E-state index contributed by atoms with van der Waals surface area (Å²) in [7, 11) is 0. The highest BCUT2D eigenvalue weighted by Gasteiger charge is 2.04. The maximum atomic E-state index is 5.83. The van der Waals surface area contributed by atoms with Crippen molar-refractivity contribution in [2.24, 2.45) is 0 Å². The predicted octanol–water partition coefficient (Wildman–Crippen LogP) is 2.67. The van der Waals surface area contributed by atoms with Crippen LogP contribution < -0.4 is 10.5 Å². The quantitative estimate of drug-likeness (QED) is 0.762. The number of nitrogens with two attached hydrogens (primary N) is 1. The Morgan fingerprint density at radius 1 is 1.40 bits per heavy atom. The molecular weight excluding hydrogens is 214 g/mol. The third-order valence-electron chi connectivity index (χ3n) is 1.97. The maximum Gasteiger partial charge on any atom is 0.237 e. The molecule has 0 fully saturated rings. The Hall–Kier alpha value is -1.03. The zero-order valence-corrected chi connectivity index (χ0v) is 9.63. The van der Waals surface area contributed by atoms with Gasteiger partial charge in [0, 0.05) is 0 Å². The van der Waals surface area contributed by atoms with Gasteiger partial charge in [-0.25, -0.2) is 4.98 Å². The number of aromatic nitrogens is 2. The molecule has 84 valence electrons. The minimum absolute atomic E-state index is 0.183. The lowest BCUT2D eigenvalue weighted by Gasteiger charge is -2.06. The van der Waals surface area contributed by atoms with Gasteiger partial charge in [0.25, 0.3) is 0 Å². The van der Waals surface area contributed by atoms with Gasteiger partial charge in [0.1, 0.15) is 5.02 Å². The smallest absolute Gasteiger partial charge is 0.237 e. The highest BCUT2D eigenvalue weighted by molar-refractivity contribution is 6.31. The number of nitrogen functional groups attached to an aromatic ring is 1. The number of hydrogen-bond donors (Lipinski definition) is 1. The highest BCUT2D eigenvalue weighted by atomic mass is 35.5. The average Bonchev–Trinajstić information content (AvgIpc) is 2.23. The van der Waals surface area contributed by atoms with Crippen molar-refractivity contribution in [2.75, 3.05) is 12.3 Å². The first-order chi connectivity index (χ1) is 7.24. The fourth-order valence-electron chi connectivity index (χ4n) is 1.16. The minimum atomic E-state index is 0.183. The van der Waals surface area contributed by atoms with Crippen molar-refractivity contribution in [3.8, 4) is 5.88 Å². The van der Waals surface area contributed by atoms with Crippen LogP contribution in [0.2, 0.25) is 5.02 Å². The van der Waals surface area contributed by atoms with Crippen molar-refractivity contribution < 1.29 is 4.74 Å². The van der Waals surface area contributed by atoms with E-state index in [2.05, 4.69) is 16.9 Å². The summed E-state index contributed by atoms with van der Waals surface area (Å²) in [6.07, 6.45) is 6.05. The fourth-order valence-corrected chi connectivity index (χ4v) is 1.31. The molecule has 1 aromatic heterocycles. The molecule has 0 amide bonds. The van der Waals surface area contributed by atoms with E-state index in [9.17, 15) is 0 Å². The third kappa shape index (κ3) is 4.34. The van der Waals surface area contributed by atoms with E-state index in [-0.39, 0.29) is 5.95 Å². The van der Waals surface area contributed by atoms with E-state index in [4.69, 9.17) is 22.1 Å². The molecule has 0 unspecified atom stereocenters. The fraction of sp³-hybridized carbons (Fsp3) is 0.600. The summed E-state index contributed by atoms with van der Waals surface area (Å²) in [5, 5.41) is 0.402. The number of ether oxygens (including phenoxy) is 1. The second kappa shape index (κ2) is 6.45. The molecule has 0 saturated carbocycles. The van der Waals surface area contributed by atoms with Crippen LogP contribution in [0.1, 0.15) is 32.6 Å². The molecule has 0 saturated heterocycles. The van der Waals surface area contributed by atoms with Crippen molar-refractivity contribution in [1.29, 1.82) is 0 Å². The van der Waals surface area contributed by atoms with Gasteiger partial charge in [0.05, 0.1) is 12.8 Å². The second-order valence-corrected chi connectivity index (χ2v) is 3.70. The summed E-state index contributed by atoms with van der Waals surface area (Å²) in [6.45, 7) is 2.79. The lowest BCUT2D eigenvalue weighted by atomic mass is 10.2. The number of hydrogen-bond acceptors (Lipinski definition) is 4. The van der Waals surface area contributed by atoms with Crippen LogP contribution in [0.15, 0.2) is 6.20 Å². The molecule has 0 aliphatic rings. The molecule has 0 aliphatic carbocycles. The molecular formula is C10H16ClN3O. The Kier molecular flexibility index (Phi) is 5.18. The normalized spacial score (nSPS) is 10.3. The van der Waals surface area contributed by atoms with Gasteiger partial charge in [-0.1, -0.05) is 37.8 Å². The molecule has 0 aliphatic heterocycles. The first-order valence-corrected chi connectivity index (χ1v) is 5.52. The van der Waals surface area contributed by atoms with E-state index in [1.165, 1.54) is 19.0 Å². The van der Waals surface area contributed by atoms with Crippen molar-refractivity contribution in [1.82, 2.24) is 9.97 Å². The maximum absolute atomic E-state index is 5.83. The van der Waals surface area contributed by atoms with Gasteiger partial charge < -0.3 is 10.5 Å². The number of rotatable bonds is 6. The van der Waals surface area contributed by atoms with Gasteiger partial charge in [0.2, 0.25) is 11.8 Å². The standard InChI is InChI=1S/C10H16ClN3O/c1-2-3-4-5-6-15-9-8(11)7-13-10(12)14-9/h7H,2-6H2,1H3,(H2,12,13,14). The second-order valence-electron chi connectivity index (χ2n) is 3.29. The topological polar surface area (TPSA) is 61.0 Å². The summed E-state index contributed by atoms with van der Waals surface area (Å²) in [5.41, 5.74) is 5.42. The first kappa shape index (κ1) is 12.0. The molecule has 0 radical (unpaired) electrons. The van der Waals surface area contributed by atoms with E-state index in [0.29, 0.717) is 17.5 Å². The van der Waals surface area contributed by atoms with Gasteiger partial charge >= 0.3 is 0 Å². The van der Waals surface area contributed by atoms with Crippen LogP contribution in [0.3, 0.4) is 0 Å². The van der Waals surface area contributed by atoms with E-state index < -0.39 is 0 Å². The van der Waals surface area contributed by atoms with Crippen LogP contribution in [-0.2, 0) is 0 Å². The molecule has 0 atom stereocenters. The summed E-state index contributed by atoms with van der Waals surface area (Å²) in [4.78, 5) is 7.65. The largest absolute Gasteiger partial charge is 0.476 e. The van der Waals surface area contributed by atoms with Crippen LogP contribution in [0.4, 0.5) is 5.95 Å². The third-order valence-corrected chi connectivity index (χ3v) is 2.23. The van der Waals surface area contributed by atoms with E-state index in [0.717, 1.165) is 12.8 Å². The molecule has 2 N–H and O–H groups in total. The number of anilines is 1. The van der Waals surface area contributed by atoms with Gasteiger partial charge in [-0.15, -0.1) is 0 Å². The lowest BCUT2D eigenvalue weighted by molar-refractivity contribution is 0.294. The van der Waals surface area contributed by atoms with Crippen LogP contribution in [0.25, 0.3) is 0 Å². The van der Waals surface area contributed by atoms with E-state index in [1.807, 2.05) is 0 Å². The Bertz CT molecular complexity index is 307. The molecule has 15 heavy (non-hydrogen) atoms. The summed E-state index contributed by atoms with van der Waals surface area (Å²) in [6, 6.07) is 0. The van der Waals surface area contributed by atoms with Crippen LogP contribution in [0, 0.1) is 0 Å². The van der Waals surface area contributed by atoms with Gasteiger partial charge in [-0.2, -0.15) is 4.98 Å². The zero-order chi connectivity index (χ0) is 11.1. The number of nitrogens with zero attached hydrogens (tertiary/aromatic N) is 2. The van der Waals surface area contributed by atoms with Crippen molar-refractivity contribution in [3.63, 3.8) is 0 Å². The zero-order valence-electron chi connectivity index (χ0n) is 8.87. The summed E-state index contributed by atoms with van der Waals surface area (Å²) < 4.78 is 5.40. The Labute approximate surface area is 94.8 Å². The van der Waals surface area contributed by atoms with Crippen molar-refractivity contribution in [3.05, 3.63) is 11.2 Å². The summed E-state index contributed by atoms with van der Waals surface area (Å²) in [5.74, 6) is 0.559. The lowest BCUT2D eigenvalue weighted by Crippen LogP contribution is -2.02. The average molecular weight is 230 g/mol. The summed E-state index contributed by atoms with van der Waals surface area (Å²) >= 11 is 5.83. The Morgan fingerprint density at radius 2 is 2.20 bits per heavy atom. The van der Waals surface area contributed by atoms with Crippen LogP contribution >= 0.6 is 11.6 Å². The van der Waals surface area contributed by atoms with E-state index in [1.54, 1.807) is 0 Å². The van der Waals surface area contributed by atoms with Crippen molar-refractivity contribution >= 4 is 17.5 Å². The molecule has 5 heteroatoms. The Balaban J connectivity index is 2.33. The SMILES string of the molecule is CCCCCCOc1nc(N)ncc1Cl. The monoisotopic (exact) mass is 229 g/mol. The number of unbranched alkanes of at least 4 members (excludes halogenated alkanes) is 3. The molecule has 1 heterocycles. The molecule has 0 spiro atoms. The van der Waals surface area contributed by atoms with Gasteiger partial charge in [0.15, 0.2) is 0 Å². The molecule has 4 nitrogen and oxygen atoms in total. The number of halogens is 1. The molecule has 1 aromatic rings. The molecule has 0 bridgehead atoms. The van der Waals surface area contributed by atoms with E-state index >= 15 is 0 Å². The highest BCUT2D eigenvalue weighted by Crippen LogP contribution is 2.21. The molecule has 0 aromatic carbocycles. The molecule has 1 rings (SSSR count). The van der Waals surface area contributed by atoms with Crippen molar-refractivity contribution in [2.45, 2.75) is 32.6 Å². The minimum Gasteiger partial charge on any atom is -0.476 e. The Morgan fingerprint density at radius 3 is 2.93 bits per heavy atom.